The van der Waals surface area contributed by atoms with Gasteiger partial charge in [0.25, 0.3) is 0 Å². The van der Waals surface area contributed by atoms with E-state index < -0.39 is 12.1 Å². The molecular weight excluding hydrogens is 355 g/mol. The van der Waals surface area contributed by atoms with E-state index in [0.717, 1.165) is 7.05 Å². The highest BCUT2D eigenvalue weighted by atomic mass is 79.9. The summed E-state index contributed by atoms with van der Waals surface area (Å²) in [5, 5.41) is 0. The van der Waals surface area contributed by atoms with E-state index in [0.29, 0.717) is 13.8 Å². The highest BCUT2D eigenvalue weighted by molar-refractivity contribution is 9.11. The third kappa shape index (κ3) is 3.21. The molecule has 1 aromatic carbocycles. The highest BCUT2D eigenvalue weighted by Gasteiger charge is 2.41. The van der Waals surface area contributed by atoms with Gasteiger partial charge in [-0.1, -0.05) is 31.9 Å². The van der Waals surface area contributed by atoms with Crippen molar-refractivity contribution in [2.45, 2.75) is 6.18 Å². The molecule has 0 aliphatic heterocycles. The van der Waals surface area contributed by atoms with E-state index in [4.69, 9.17) is 0 Å². The van der Waals surface area contributed by atoms with E-state index in [1.165, 1.54) is 12.1 Å². The maximum atomic E-state index is 12.2. The third-order valence-electron chi connectivity index (χ3n) is 1.78. The monoisotopic (exact) mass is 359 g/mol. The van der Waals surface area contributed by atoms with Gasteiger partial charge in [0.2, 0.25) is 0 Å². The summed E-state index contributed by atoms with van der Waals surface area (Å²) in [5.74, 6) is -1.91. The Labute approximate surface area is 107 Å². The van der Waals surface area contributed by atoms with E-state index in [-0.39, 0.29) is 5.69 Å². The van der Waals surface area contributed by atoms with Gasteiger partial charge in [0, 0.05) is 21.7 Å². The first-order valence-corrected chi connectivity index (χ1v) is 5.61. The fourth-order valence-electron chi connectivity index (χ4n) is 1.04. The number of amides is 1. The van der Waals surface area contributed by atoms with Gasteiger partial charge in [-0.3, -0.25) is 4.79 Å². The van der Waals surface area contributed by atoms with Crippen molar-refractivity contribution < 1.29 is 18.0 Å². The lowest BCUT2D eigenvalue weighted by molar-refractivity contribution is -0.170. The van der Waals surface area contributed by atoms with E-state index in [2.05, 4.69) is 31.9 Å². The lowest BCUT2D eigenvalue weighted by Gasteiger charge is -2.19. The van der Waals surface area contributed by atoms with Crippen molar-refractivity contribution in [1.82, 2.24) is 0 Å². The van der Waals surface area contributed by atoms with Crippen molar-refractivity contribution in [2.75, 3.05) is 11.9 Å². The van der Waals surface area contributed by atoms with Crippen molar-refractivity contribution >= 4 is 43.5 Å². The Morgan fingerprint density at radius 3 is 2.00 bits per heavy atom. The fraction of sp³-hybridized carbons (Fsp3) is 0.222. The average Bonchev–Trinajstić information content (AvgIpc) is 2.12. The third-order valence-corrected chi connectivity index (χ3v) is 2.70. The number of carbonyl (C=O) groups is 1. The van der Waals surface area contributed by atoms with E-state index in [1.54, 1.807) is 6.07 Å². The second kappa shape index (κ2) is 4.75. The Balaban J connectivity index is 3.05. The summed E-state index contributed by atoms with van der Waals surface area (Å²) >= 11 is 6.26. The number of anilines is 1. The van der Waals surface area contributed by atoms with Crippen molar-refractivity contribution in [3.63, 3.8) is 0 Å². The smallest absolute Gasteiger partial charge is 0.308 e. The number of rotatable bonds is 1. The van der Waals surface area contributed by atoms with Crippen molar-refractivity contribution in [1.29, 1.82) is 0 Å². The standard InChI is InChI=1S/C9H6Br2F3NO/c1-15(8(16)9(12,13)14)7-3-5(10)2-6(11)4-7/h2-4H,1H3. The van der Waals surface area contributed by atoms with Gasteiger partial charge in [-0.15, -0.1) is 0 Å². The van der Waals surface area contributed by atoms with Gasteiger partial charge >= 0.3 is 12.1 Å². The van der Waals surface area contributed by atoms with Gasteiger partial charge in [-0.25, -0.2) is 0 Å². The van der Waals surface area contributed by atoms with Crippen LogP contribution >= 0.6 is 31.9 Å². The first-order valence-electron chi connectivity index (χ1n) is 4.03. The topological polar surface area (TPSA) is 20.3 Å². The molecule has 0 saturated carbocycles. The molecule has 7 heteroatoms. The second-order valence-corrected chi connectivity index (χ2v) is 4.82. The zero-order valence-electron chi connectivity index (χ0n) is 7.98. The molecule has 0 unspecified atom stereocenters. The zero-order chi connectivity index (χ0) is 12.5. The van der Waals surface area contributed by atoms with Crippen LogP contribution in [0, 0.1) is 0 Å². The van der Waals surface area contributed by atoms with E-state index in [1.807, 2.05) is 0 Å². The lowest BCUT2D eigenvalue weighted by Crippen LogP contribution is -2.38. The Morgan fingerprint density at radius 1 is 1.19 bits per heavy atom. The number of hydrogen-bond donors (Lipinski definition) is 0. The molecule has 0 bridgehead atoms. The number of nitrogens with zero attached hydrogens (tertiary/aromatic N) is 1. The molecule has 88 valence electrons. The number of carbonyl (C=O) groups excluding carboxylic acids is 1. The summed E-state index contributed by atoms with van der Waals surface area (Å²) in [6.45, 7) is 0. The Hall–Kier alpha value is -0.560. The van der Waals surface area contributed by atoms with Gasteiger partial charge in [0.05, 0.1) is 0 Å². The van der Waals surface area contributed by atoms with Crippen LogP contribution in [0.5, 0.6) is 0 Å². The molecule has 0 aromatic heterocycles. The van der Waals surface area contributed by atoms with Crippen LogP contribution in [-0.2, 0) is 4.79 Å². The molecule has 0 radical (unpaired) electrons. The van der Waals surface area contributed by atoms with Gasteiger partial charge in [0.15, 0.2) is 0 Å². The summed E-state index contributed by atoms with van der Waals surface area (Å²) in [6, 6.07) is 4.51. The number of hydrogen-bond acceptors (Lipinski definition) is 1. The lowest BCUT2D eigenvalue weighted by atomic mass is 10.3. The molecule has 0 aliphatic carbocycles. The van der Waals surface area contributed by atoms with Crippen LogP contribution in [0.25, 0.3) is 0 Å². The number of alkyl halides is 3. The summed E-state index contributed by atoms with van der Waals surface area (Å²) in [7, 11) is 1.07. The van der Waals surface area contributed by atoms with Gasteiger partial charge < -0.3 is 4.90 Å². The second-order valence-electron chi connectivity index (χ2n) is 2.99. The summed E-state index contributed by atoms with van der Waals surface area (Å²) in [4.78, 5) is 11.5. The SMILES string of the molecule is CN(C(=O)C(F)(F)F)c1cc(Br)cc(Br)c1. The van der Waals surface area contributed by atoms with Crippen LogP contribution in [0.3, 0.4) is 0 Å². The predicted molar refractivity (Wildman–Crippen MR) is 61.3 cm³/mol. The molecular formula is C9H6Br2F3NO. The minimum atomic E-state index is -4.87. The largest absolute Gasteiger partial charge is 0.471 e. The minimum absolute atomic E-state index is 0.156. The molecule has 0 saturated heterocycles. The molecule has 0 N–H and O–H groups in total. The van der Waals surface area contributed by atoms with Crippen molar-refractivity contribution in [3.05, 3.63) is 27.1 Å². The Bertz CT molecular complexity index is 399. The maximum absolute atomic E-state index is 12.2. The van der Waals surface area contributed by atoms with Crippen LogP contribution in [0.4, 0.5) is 18.9 Å². The molecule has 0 spiro atoms. The van der Waals surface area contributed by atoms with Crippen LogP contribution in [-0.4, -0.2) is 19.1 Å². The normalized spacial score (nSPS) is 11.4. The summed E-state index contributed by atoms with van der Waals surface area (Å²) in [6.07, 6.45) is -4.87. The molecule has 0 atom stereocenters. The van der Waals surface area contributed by atoms with Gasteiger partial charge in [0.1, 0.15) is 0 Å². The molecule has 0 fully saturated rings. The maximum Gasteiger partial charge on any atom is 0.471 e. The quantitative estimate of drug-likeness (QED) is 0.747. The molecule has 1 amide bonds. The average molecular weight is 361 g/mol. The van der Waals surface area contributed by atoms with Crippen LogP contribution in [0.15, 0.2) is 27.1 Å². The van der Waals surface area contributed by atoms with E-state index >= 15 is 0 Å². The molecule has 1 rings (SSSR count). The van der Waals surface area contributed by atoms with E-state index in [9.17, 15) is 18.0 Å². The molecule has 0 aliphatic rings. The van der Waals surface area contributed by atoms with Crippen molar-refractivity contribution in [3.8, 4) is 0 Å². The Kier molecular flexibility index (Phi) is 4.01. The molecule has 16 heavy (non-hydrogen) atoms. The Morgan fingerprint density at radius 2 is 1.62 bits per heavy atom. The fourth-order valence-corrected chi connectivity index (χ4v) is 2.31. The number of benzene rings is 1. The minimum Gasteiger partial charge on any atom is -0.308 e. The van der Waals surface area contributed by atoms with Crippen LogP contribution in [0.1, 0.15) is 0 Å². The van der Waals surface area contributed by atoms with Gasteiger partial charge in [-0.2, -0.15) is 13.2 Å². The molecule has 1 aromatic rings. The molecule has 0 heterocycles. The van der Waals surface area contributed by atoms with Crippen molar-refractivity contribution in [2.24, 2.45) is 0 Å². The first-order chi connectivity index (χ1) is 7.21. The van der Waals surface area contributed by atoms with Crippen LogP contribution < -0.4 is 4.90 Å². The van der Waals surface area contributed by atoms with Gasteiger partial charge in [-0.05, 0) is 18.2 Å². The molecule has 2 nitrogen and oxygen atoms in total. The number of halogens is 5. The summed E-state index contributed by atoms with van der Waals surface area (Å²) < 4.78 is 37.7. The predicted octanol–water partition coefficient (Wildman–Crippen LogP) is 3.74. The first kappa shape index (κ1) is 13.5. The van der Waals surface area contributed by atoms with Crippen LogP contribution in [0.2, 0.25) is 0 Å². The zero-order valence-corrected chi connectivity index (χ0v) is 11.1. The summed E-state index contributed by atoms with van der Waals surface area (Å²) in [5.41, 5.74) is 0.156. The highest BCUT2D eigenvalue weighted by Crippen LogP contribution is 2.28.